The second-order valence-corrected chi connectivity index (χ2v) is 11.3. The largest absolute Gasteiger partial charge is 0.340 e. The Morgan fingerprint density at radius 1 is 0.944 bits per heavy atom. The molecular weight excluding hydrogens is 536 g/mol. The van der Waals surface area contributed by atoms with Gasteiger partial charge in [0, 0.05) is 22.0 Å². The number of carbonyl (C=O) groups is 2. The van der Waals surface area contributed by atoms with E-state index >= 15 is 0 Å². The third-order valence-electron chi connectivity index (χ3n) is 5.64. The second-order valence-electron chi connectivity index (χ2n) is 9.46. The molecule has 0 saturated heterocycles. The standard InChI is InChI=1S/C28H27BrN4O2S/c1-28(2,3)21-14-12-19(13-15-21)24(34)30-23(16-18-8-5-4-6-9-18)25(35)31-27-33-32-26(36-27)20-10-7-11-22(29)17-20/h4-15,17,23H,16H2,1-3H3,(H,30,34)(H,31,33,35). The van der Waals surface area contributed by atoms with Crippen LogP contribution in [0, 0.1) is 0 Å². The molecule has 0 aliphatic carbocycles. The summed E-state index contributed by atoms with van der Waals surface area (Å²) in [5, 5.41) is 15.1. The average Bonchev–Trinajstić information content (AvgIpc) is 3.32. The lowest BCUT2D eigenvalue weighted by Gasteiger charge is -2.20. The summed E-state index contributed by atoms with van der Waals surface area (Å²) in [6.07, 6.45) is 0.343. The molecule has 184 valence electrons. The van der Waals surface area contributed by atoms with Crippen LogP contribution in [0.5, 0.6) is 0 Å². The van der Waals surface area contributed by atoms with E-state index in [0.29, 0.717) is 22.1 Å². The summed E-state index contributed by atoms with van der Waals surface area (Å²) in [7, 11) is 0. The number of benzene rings is 3. The van der Waals surface area contributed by atoms with Crippen molar-refractivity contribution in [1.29, 1.82) is 0 Å². The lowest BCUT2D eigenvalue weighted by Crippen LogP contribution is -2.45. The van der Waals surface area contributed by atoms with Crippen molar-refractivity contribution in [2.24, 2.45) is 0 Å². The minimum Gasteiger partial charge on any atom is -0.340 e. The van der Waals surface area contributed by atoms with E-state index in [0.717, 1.165) is 21.2 Å². The van der Waals surface area contributed by atoms with Crippen molar-refractivity contribution in [3.05, 3.63) is 100 Å². The predicted molar refractivity (Wildman–Crippen MR) is 148 cm³/mol. The first kappa shape index (κ1) is 25.7. The molecule has 0 bridgehead atoms. The zero-order valence-electron chi connectivity index (χ0n) is 20.3. The van der Waals surface area contributed by atoms with E-state index in [9.17, 15) is 9.59 Å². The van der Waals surface area contributed by atoms with E-state index < -0.39 is 6.04 Å². The van der Waals surface area contributed by atoms with Gasteiger partial charge in [-0.2, -0.15) is 0 Å². The first-order chi connectivity index (χ1) is 17.2. The zero-order valence-corrected chi connectivity index (χ0v) is 22.7. The Hall–Kier alpha value is -3.36. The van der Waals surface area contributed by atoms with Gasteiger partial charge in [-0.25, -0.2) is 0 Å². The Morgan fingerprint density at radius 2 is 1.67 bits per heavy atom. The molecule has 8 heteroatoms. The fraction of sp³-hybridized carbons (Fsp3) is 0.214. The highest BCUT2D eigenvalue weighted by Crippen LogP contribution is 2.28. The molecule has 4 rings (SSSR count). The number of anilines is 1. The van der Waals surface area contributed by atoms with E-state index in [2.05, 4.69) is 57.5 Å². The van der Waals surface area contributed by atoms with Crippen LogP contribution in [0.4, 0.5) is 5.13 Å². The third kappa shape index (κ3) is 6.65. The van der Waals surface area contributed by atoms with Crippen molar-refractivity contribution in [3.8, 4) is 10.6 Å². The highest BCUT2D eigenvalue weighted by molar-refractivity contribution is 9.10. The number of hydrogen-bond donors (Lipinski definition) is 2. The number of hydrogen-bond acceptors (Lipinski definition) is 5. The molecule has 0 radical (unpaired) electrons. The monoisotopic (exact) mass is 562 g/mol. The van der Waals surface area contributed by atoms with Gasteiger partial charge in [-0.05, 0) is 40.8 Å². The lowest BCUT2D eigenvalue weighted by molar-refractivity contribution is -0.118. The Labute approximate surface area is 223 Å². The van der Waals surface area contributed by atoms with Crippen LogP contribution in [-0.4, -0.2) is 28.1 Å². The molecule has 1 aromatic heterocycles. The van der Waals surface area contributed by atoms with Crippen LogP contribution in [-0.2, 0) is 16.6 Å². The summed E-state index contributed by atoms with van der Waals surface area (Å²) >= 11 is 4.74. The first-order valence-electron chi connectivity index (χ1n) is 11.5. The highest BCUT2D eigenvalue weighted by atomic mass is 79.9. The van der Waals surface area contributed by atoms with Crippen molar-refractivity contribution >= 4 is 44.2 Å². The average molecular weight is 564 g/mol. The molecule has 1 heterocycles. The number of nitrogens with zero attached hydrogens (tertiary/aromatic N) is 2. The van der Waals surface area contributed by atoms with Gasteiger partial charge in [-0.3, -0.25) is 14.9 Å². The van der Waals surface area contributed by atoms with Gasteiger partial charge in [-0.15, -0.1) is 10.2 Å². The van der Waals surface area contributed by atoms with Gasteiger partial charge in [0.1, 0.15) is 11.0 Å². The molecule has 0 saturated carbocycles. The molecule has 2 N–H and O–H groups in total. The summed E-state index contributed by atoms with van der Waals surface area (Å²) in [5.74, 6) is -0.658. The molecule has 3 aromatic carbocycles. The molecule has 36 heavy (non-hydrogen) atoms. The molecule has 2 amide bonds. The molecule has 1 atom stereocenters. The van der Waals surface area contributed by atoms with Crippen LogP contribution < -0.4 is 10.6 Å². The number of nitrogens with one attached hydrogen (secondary N) is 2. The minimum atomic E-state index is -0.791. The number of amides is 2. The predicted octanol–water partition coefficient (Wildman–Crippen LogP) is 6.24. The molecule has 6 nitrogen and oxygen atoms in total. The summed E-state index contributed by atoms with van der Waals surface area (Å²) < 4.78 is 0.932. The van der Waals surface area contributed by atoms with Crippen LogP contribution in [0.1, 0.15) is 42.3 Å². The maximum absolute atomic E-state index is 13.3. The van der Waals surface area contributed by atoms with Crippen LogP contribution in [0.2, 0.25) is 0 Å². The summed E-state index contributed by atoms with van der Waals surface area (Å²) in [6, 6.07) is 24.0. The van der Waals surface area contributed by atoms with Crippen molar-refractivity contribution in [3.63, 3.8) is 0 Å². The van der Waals surface area contributed by atoms with Gasteiger partial charge in [-0.1, -0.05) is 103 Å². The lowest BCUT2D eigenvalue weighted by atomic mass is 9.86. The summed E-state index contributed by atoms with van der Waals surface area (Å²) in [6.45, 7) is 6.37. The smallest absolute Gasteiger partial charge is 0.251 e. The van der Waals surface area contributed by atoms with Crippen molar-refractivity contribution in [2.75, 3.05) is 5.32 Å². The molecular formula is C28H27BrN4O2S. The quantitative estimate of drug-likeness (QED) is 0.279. The van der Waals surface area contributed by atoms with Gasteiger partial charge < -0.3 is 5.32 Å². The number of rotatable bonds is 7. The Balaban J connectivity index is 1.51. The van der Waals surface area contributed by atoms with E-state index in [1.165, 1.54) is 11.3 Å². The number of carbonyl (C=O) groups excluding carboxylic acids is 2. The molecule has 1 unspecified atom stereocenters. The zero-order chi connectivity index (χ0) is 25.7. The maximum atomic E-state index is 13.3. The normalized spacial score (nSPS) is 12.1. The van der Waals surface area contributed by atoms with Gasteiger partial charge in [0.15, 0.2) is 0 Å². The van der Waals surface area contributed by atoms with Crippen molar-refractivity contribution < 1.29 is 9.59 Å². The second kappa shape index (κ2) is 11.1. The van der Waals surface area contributed by atoms with Crippen molar-refractivity contribution in [2.45, 2.75) is 38.6 Å². The van der Waals surface area contributed by atoms with Gasteiger partial charge in [0.2, 0.25) is 11.0 Å². The van der Waals surface area contributed by atoms with Crippen LogP contribution in [0.15, 0.2) is 83.3 Å². The maximum Gasteiger partial charge on any atom is 0.251 e. The topological polar surface area (TPSA) is 84.0 Å². The number of aromatic nitrogens is 2. The highest BCUT2D eigenvalue weighted by Gasteiger charge is 2.24. The third-order valence-corrected chi connectivity index (χ3v) is 7.03. The first-order valence-corrected chi connectivity index (χ1v) is 13.2. The van der Waals surface area contributed by atoms with Gasteiger partial charge >= 0.3 is 0 Å². The van der Waals surface area contributed by atoms with Crippen molar-refractivity contribution in [1.82, 2.24) is 15.5 Å². The van der Waals surface area contributed by atoms with Crippen LogP contribution in [0.25, 0.3) is 10.6 Å². The fourth-order valence-electron chi connectivity index (χ4n) is 3.63. The number of halogens is 1. The SMILES string of the molecule is CC(C)(C)c1ccc(C(=O)NC(Cc2ccccc2)C(=O)Nc2nnc(-c3cccc(Br)c3)s2)cc1. The molecule has 4 aromatic rings. The Morgan fingerprint density at radius 3 is 2.33 bits per heavy atom. The van der Waals surface area contributed by atoms with Gasteiger partial charge in [0.05, 0.1) is 0 Å². The summed E-state index contributed by atoms with van der Waals surface area (Å²) in [4.78, 5) is 26.3. The fourth-order valence-corrected chi connectivity index (χ4v) is 4.77. The molecule has 0 fully saturated rings. The van der Waals surface area contributed by atoms with E-state index in [1.54, 1.807) is 12.1 Å². The molecule has 0 aliphatic rings. The molecule has 0 spiro atoms. The summed E-state index contributed by atoms with van der Waals surface area (Å²) in [5.41, 5.74) is 3.46. The van der Waals surface area contributed by atoms with Crippen LogP contribution >= 0.6 is 27.3 Å². The van der Waals surface area contributed by atoms with E-state index in [4.69, 9.17) is 0 Å². The van der Waals surface area contributed by atoms with Gasteiger partial charge in [0.25, 0.3) is 5.91 Å². The van der Waals surface area contributed by atoms with Crippen LogP contribution in [0.3, 0.4) is 0 Å². The Bertz CT molecular complexity index is 1350. The molecule has 0 aliphatic heterocycles. The van der Waals surface area contributed by atoms with E-state index in [-0.39, 0.29) is 17.2 Å². The van der Waals surface area contributed by atoms with E-state index in [1.807, 2.05) is 66.7 Å². The Kier molecular flexibility index (Phi) is 7.96. The minimum absolute atomic E-state index is 0.0127.